The van der Waals surface area contributed by atoms with E-state index in [4.69, 9.17) is 5.14 Å². The van der Waals surface area contributed by atoms with Gasteiger partial charge in [-0.15, -0.1) is 0 Å². The summed E-state index contributed by atoms with van der Waals surface area (Å²) in [6.07, 6.45) is 1.78. The molecule has 2 rings (SSSR count). The summed E-state index contributed by atoms with van der Waals surface area (Å²) in [6.45, 7) is 1.22. The molecule has 1 atom stereocenters. The van der Waals surface area contributed by atoms with E-state index in [1.54, 1.807) is 4.90 Å². The SMILES string of the molecule is NS(=O)(=O)CCCC(=O)N1CCCC(CNC(=O)c2cc(F)ccc2F)C1. The number of carbonyl (C=O) groups excluding carboxylic acids is 2. The summed E-state index contributed by atoms with van der Waals surface area (Å²) in [4.78, 5) is 25.9. The second kappa shape index (κ2) is 9.23. The molecule has 1 heterocycles. The zero-order chi connectivity index (χ0) is 20.0. The number of carbonyl (C=O) groups is 2. The van der Waals surface area contributed by atoms with Crippen LogP contribution in [0.1, 0.15) is 36.0 Å². The van der Waals surface area contributed by atoms with Crippen LogP contribution in [0.4, 0.5) is 8.78 Å². The van der Waals surface area contributed by atoms with Gasteiger partial charge in [-0.3, -0.25) is 9.59 Å². The molecule has 1 unspecified atom stereocenters. The molecule has 150 valence electrons. The molecule has 27 heavy (non-hydrogen) atoms. The van der Waals surface area contributed by atoms with Crippen LogP contribution in [0.2, 0.25) is 0 Å². The highest BCUT2D eigenvalue weighted by atomic mass is 32.2. The number of sulfonamides is 1. The van der Waals surface area contributed by atoms with E-state index in [1.165, 1.54) is 0 Å². The Kier molecular flexibility index (Phi) is 7.25. The number of nitrogens with two attached hydrogens (primary N) is 1. The van der Waals surface area contributed by atoms with E-state index in [0.717, 1.165) is 31.0 Å². The minimum atomic E-state index is -3.59. The fraction of sp³-hybridized carbons (Fsp3) is 0.529. The van der Waals surface area contributed by atoms with Gasteiger partial charge in [0.25, 0.3) is 5.91 Å². The molecule has 10 heteroatoms. The topological polar surface area (TPSA) is 110 Å². The van der Waals surface area contributed by atoms with E-state index in [0.29, 0.717) is 13.1 Å². The molecule has 0 radical (unpaired) electrons. The Labute approximate surface area is 157 Å². The lowest BCUT2D eigenvalue weighted by atomic mass is 9.97. The van der Waals surface area contributed by atoms with Crippen molar-refractivity contribution < 1.29 is 26.8 Å². The number of nitrogens with one attached hydrogen (secondary N) is 1. The lowest BCUT2D eigenvalue weighted by molar-refractivity contribution is -0.132. The normalized spacial score (nSPS) is 17.6. The van der Waals surface area contributed by atoms with Crippen LogP contribution in [0, 0.1) is 17.6 Å². The summed E-state index contributed by atoms with van der Waals surface area (Å²) in [5, 5.41) is 7.49. The van der Waals surface area contributed by atoms with Crippen molar-refractivity contribution in [2.45, 2.75) is 25.7 Å². The number of rotatable bonds is 7. The first-order valence-corrected chi connectivity index (χ1v) is 10.4. The third-order valence-corrected chi connectivity index (χ3v) is 5.27. The Morgan fingerprint density at radius 2 is 2.04 bits per heavy atom. The molecule has 3 N–H and O–H groups in total. The zero-order valence-corrected chi connectivity index (χ0v) is 15.6. The van der Waals surface area contributed by atoms with E-state index in [2.05, 4.69) is 5.32 Å². The second-order valence-electron chi connectivity index (χ2n) is 6.65. The first-order chi connectivity index (χ1) is 12.7. The summed E-state index contributed by atoms with van der Waals surface area (Å²) < 4.78 is 48.6. The van der Waals surface area contributed by atoms with E-state index in [-0.39, 0.29) is 42.5 Å². The van der Waals surface area contributed by atoms with Crippen LogP contribution in [0.3, 0.4) is 0 Å². The van der Waals surface area contributed by atoms with Crippen LogP contribution in [-0.2, 0) is 14.8 Å². The number of halogens is 2. The molecular formula is C17H23F2N3O4S. The van der Waals surface area contributed by atoms with Gasteiger partial charge in [-0.1, -0.05) is 0 Å². The Morgan fingerprint density at radius 3 is 2.74 bits per heavy atom. The van der Waals surface area contributed by atoms with E-state index in [1.807, 2.05) is 0 Å². The van der Waals surface area contributed by atoms with Crippen LogP contribution in [0.5, 0.6) is 0 Å². The lowest BCUT2D eigenvalue weighted by Gasteiger charge is -2.33. The molecule has 1 aromatic carbocycles. The molecule has 1 fully saturated rings. The predicted molar refractivity (Wildman–Crippen MR) is 95.2 cm³/mol. The molecule has 0 saturated carbocycles. The zero-order valence-electron chi connectivity index (χ0n) is 14.8. The van der Waals surface area contributed by atoms with Crippen LogP contribution < -0.4 is 10.5 Å². The molecule has 1 aromatic rings. The third kappa shape index (κ3) is 6.87. The molecule has 0 bridgehead atoms. The van der Waals surface area contributed by atoms with Crippen LogP contribution >= 0.6 is 0 Å². The fourth-order valence-corrected chi connectivity index (χ4v) is 3.59. The maximum absolute atomic E-state index is 13.6. The van der Waals surface area contributed by atoms with Crippen molar-refractivity contribution in [1.82, 2.24) is 10.2 Å². The van der Waals surface area contributed by atoms with Gasteiger partial charge >= 0.3 is 0 Å². The highest BCUT2D eigenvalue weighted by Crippen LogP contribution is 2.17. The minimum absolute atomic E-state index is 0.0125. The Bertz CT molecular complexity index is 801. The Morgan fingerprint density at radius 1 is 1.30 bits per heavy atom. The van der Waals surface area contributed by atoms with E-state index < -0.39 is 27.6 Å². The average Bonchev–Trinajstić information content (AvgIpc) is 2.60. The maximum Gasteiger partial charge on any atom is 0.254 e. The molecular weight excluding hydrogens is 380 g/mol. The average molecular weight is 403 g/mol. The van der Waals surface area contributed by atoms with Crippen LogP contribution in [0.25, 0.3) is 0 Å². The number of likely N-dealkylation sites (tertiary alicyclic amines) is 1. The predicted octanol–water partition coefficient (Wildman–Crippen LogP) is 1.00. The van der Waals surface area contributed by atoms with Gasteiger partial charge in [-0.05, 0) is 43.4 Å². The van der Waals surface area contributed by atoms with Gasteiger partial charge in [0.05, 0.1) is 11.3 Å². The summed E-state index contributed by atoms with van der Waals surface area (Å²) in [6, 6.07) is 2.67. The smallest absolute Gasteiger partial charge is 0.254 e. The van der Waals surface area contributed by atoms with Crippen molar-refractivity contribution in [3.63, 3.8) is 0 Å². The van der Waals surface area contributed by atoms with Gasteiger partial charge in [0.1, 0.15) is 11.6 Å². The molecule has 2 amide bonds. The van der Waals surface area contributed by atoms with E-state index >= 15 is 0 Å². The standard InChI is InChI=1S/C17H23F2N3O4S/c18-13-5-6-15(19)14(9-13)17(24)21-10-12-3-1-7-22(11-12)16(23)4-2-8-27(20,25)26/h5-6,9,12H,1-4,7-8,10-11H2,(H,21,24)(H2,20,25,26). The van der Waals surface area contributed by atoms with Crippen molar-refractivity contribution in [3.8, 4) is 0 Å². The van der Waals surface area contributed by atoms with Crippen LogP contribution in [0.15, 0.2) is 18.2 Å². The molecule has 7 nitrogen and oxygen atoms in total. The molecule has 0 spiro atoms. The van der Waals surface area contributed by atoms with Crippen molar-refractivity contribution in [2.24, 2.45) is 11.1 Å². The number of hydrogen-bond donors (Lipinski definition) is 2. The van der Waals surface area contributed by atoms with Crippen molar-refractivity contribution in [1.29, 1.82) is 0 Å². The minimum Gasteiger partial charge on any atom is -0.352 e. The highest BCUT2D eigenvalue weighted by molar-refractivity contribution is 7.89. The molecule has 1 aliphatic rings. The van der Waals surface area contributed by atoms with Crippen molar-refractivity contribution in [2.75, 3.05) is 25.4 Å². The van der Waals surface area contributed by atoms with Gasteiger partial charge in [-0.25, -0.2) is 22.3 Å². The monoisotopic (exact) mass is 403 g/mol. The van der Waals surface area contributed by atoms with Crippen molar-refractivity contribution in [3.05, 3.63) is 35.4 Å². The van der Waals surface area contributed by atoms with Gasteiger partial charge in [0.2, 0.25) is 15.9 Å². The molecule has 1 saturated heterocycles. The maximum atomic E-state index is 13.6. The number of benzene rings is 1. The first-order valence-electron chi connectivity index (χ1n) is 8.67. The number of primary sulfonamides is 1. The second-order valence-corrected chi connectivity index (χ2v) is 8.39. The largest absolute Gasteiger partial charge is 0.352 e. The fourth-order valence-electron chi connectivity index (χ4n) is 3.04. The summed E-state index contributed by atoms with van der Waals surface area (Å²) >= 11 is 0. The number of hydrogen-bond acceptors (Lipinski definition) is 4. The number of nitrogens with zero attached hydrogens (tertiary/aromatic N) is 1. The molecule has 1 aliphatic heterocycles. The summed E-state index contributed by atoms with van der Waals surface area (Å²) in [5.41, 5.74) is -0.360. The van der Waals surface area contributed by atoms with Gasteiger partial charge in [0.15, 0.2) is 0 Å². The molecule has 0 aliphatic carbocycles. The highest BCUT2D eigenvalue weighted by Gasteiger charge is 2.24. The number of piperidine rings is 1. The summed E-state index contributed by atoms with van der Waals surface area (Å²) in [5.74, 6) is -2.62. The third-order valence-electron chi connectivity index (χ3n) is 4.42. The van der Waals surface area contributed by atoms with Crippen LogP contribution in [-0.4, -0.2) is 50.5 Å². The quantitative estimate of drug-likeness (QED) is 0.708. The van der Waals surface area contributed by atoms with Gasteiger partial charge in [0, 0.05) is 26.1 Å². The summed E-state index contributed by atoms with van der Waals surface area (Å²) in [7, 11) is -3.59. The Hall–Kier alpha value is -2.07. The van der Waals surface area contributed by atoms with E-state index in [9.17, 15) is 26.8 Å². The number of amides is 2. The van der Waals surface area contributed by atoms with Gasteiger partial charge in [-0.2, -0.15) is 0 Å². The van der Waals surface area contributed by atoms with Gasteiger partial charge < -0.3 is 10.2 Å². The molecule has 0 aromatic heterocycles. The first kappa shape index (κ1) is 21.2. The lowest BCUT2D eigenvalue weighted by Crippen LogP contribution is -2.43. The van der Waals surface area contributed by atoms with Crippen molar-refractivity contribution >= 4 is 21.8 Å². The Balaban J connectivity index is 1.83.